The van der Waals surface area contributed by atoms with Crippen LogP contribution in [0.2, 0.25) is 0 Å². The van der Waals surface area contributed by atoms with Gasteiger partial charge in [-0.25, -0.2) is 0 Å². The molecule has 0 aromatic carbocycles. The fraction of sp³-hybridized carbons (Fsp3) is 0.667. The van der Waals surface area contributed by atoms with Crippen molar-refractivity contribution < 1.29 is 4.74 Å². The Morgan fingerprint density at radius 2 is 2.62 bits per heavy atom. The van der Waals surface area contributed by atoms with Gasteiger partial charge in [-0.3, -0.25) is 0 Å². The molecule has 0 aliphatic carbocycles. The summed E-state index contributed by atoms with van der Waals surface area (Å²) in [5.74, 6) is 0. The van der Waals surface area contributed by atoms with Crippen LogP contribution >= 0.6 is 0 Å². The first-order valence-corrected chi connectivity index (χ1v) is 2.94. The van der Waals surface area contributed by atoms with Crippen molar-refractivity contribution in [3.63, 3.8) is 0 Å². The molecule has 0 radical (unpaired) electrons. The number of allylic oxidation sites excluding steroid dienone is 1. The van der Waals surface area contributed by atoms with Crippen LogP contribution in [0.25, 0.3) is 0 Å². The third-order valence-corrected chi connectivity index (χ3v) is 1.29. The van der Waals surface area contributed by atoms with Gasteiger partial charge in [0.15, 0.2) is 0 Å². The minimum absolute atomic E-state index is 0.278. The number of hydrogen-bond donors (Lipinski definition) is 1. The Morgan fingerprint density at radius 3 is 3.00 bits per heavy atom. The molecule has 1 heterocycles. The minimum Gasteiger partial charge on any atom is -0.497 e. The van der Waals surface area contributed by atoms with Gasteiger partial charge in [0.25, 0.3) is 0 Å². The summed E-state index contributed by atoms with van der Waals surface area (Å²) < 4.78 is 5.12. The smallest absolute Gasteiger partial charge is 0.110 e. The highest BCUT2D eigenvalue weighted by atomic mass is 16.5. The van der Waals surface area contributed by atoms with Crippen LogP contribution in [0, 0.1) is 0 Å². The van der Waals surface area contributed by atoms with E-state index in [0.29, 0.717) is 6.54 Å². The van der Waals surface area contributed by atoms with Crippen molar-refractivity contribution >= 4 is 0 Å². The summed E-state index contributed by atoms with van der Waals surface area (Å²) in [4.78, 5) is 0. The van der Waals surface area contributed by atoms with Gasteiger partial charge in [-0.15, -0.1) is 0 Å². The zero-order chi connectivity index (χ0) is 5.82. The molecule has 2 N–H and O–H groups in total. The Hall–Kier alpha value is -0.500. The summed E-state index contributed by atoms with van der Waals surface area (Å²) in [5, 5.41) is 0. The van der Waals surface area contributed by atoms with Gasteiger partial charge in [0.1, 0.15) is 6.10 Å². The van der Waals surface area contributed by atoms with Crippen molar-refractivity contribution in [3.05, 3.63) is 12.3 Å². The molecule has 0 saturated heterocycles. The zero-order valence-electron chi connectivity index (χ0n) is 4.84. The van der Waals surface area contributed by atoms with E-state index in [4.69, 9.17) is 10.5 Å². The Bertz CT molecular complexity index is 90.5. The molecule has 2 nitrogen and oxygen atoms in total. The Morgan fingerprint density at radius 1 is 1.75 bits per heavy atom. The molecule has 1 aliphatic rings. The van der Waals surface area contributed by atoms with Gasteiger partial charge in [-0.2, -0.15) is 0 Å². The lowest BCUT2D eigenvalue weighted by atomic mass is 10.2. The van der Waals surface area contributed by atoms with E-state index in [1.165, 1.54) is 0 Å². The van der Waals surface area contributed by atoms with Gasteiger partial charge in [-0.1, -0.05) is 0 Å². The normalized spacial score (nSPS) is 27.4. The first-order valence-electron chi connectivity index (χ1n) is 2.94. The third-order valence-electron chi connectivity index (χ3n) is 1.29. The average Bonchev–Trinajstić information content (AvgIpc) is 1.90. The second-order valence-corrected chi connectivity index (χ2v) is 1.94. The first-order chi connectivity index (χ1) is 3.93. The molecule has 0 fully saturated rings. The monoisotopic (exact) mass is 113 g/mol. The van der Waals surface area contributed by atoms with E-state index in [-0.39, 0.29) is 6.10 Å². The quantitative estimate of drug-likeness (QED) is 0.541. The van der Waals surface area contributed by atoms with Gasteiger partial charge >= 0.3 is 0 Å². The maximum absolute atomic E-state index is 5.34. The zero-order valence-corrected chi connectivity index (χ0v) is 4.84. The van der Waals surface area contributed by atoms with Crippen molar-refractivity contribution in [2.24, 2.45) is 5.73 Å². The van der Waals surface area contributed by atoms with Crippen molar-refractivity contribution in [3.8, 4) is 0 Å². The molecular weight excluding hydrogens is 102 g/mol. The summed E-state index contributed by atoms with van der Waals surface area (Å²) in [7, 11) is 0. The molecule has 1 atom stereocenters. The van der Waals surface area contributed by atoms with Gasteiger partial charge in [0, 0.05) is 6.54 Å². The number of nitrogens with two attached hydrogens (primary N) is 1. The highest BCUT2D eigenvalue weighted by molar-refractivity contribution is 4.82. The molecule has 2 heteroatoms. The summed E-state index contributed by atoms with van der Waals surface area (Å²) in [6.07, 6.45) is 6.22. The predicted octanol–water partition coefficient (Wildman–Crippen LogP) is 0.638. The van der Waals surface area contributed by atoms with Crippen LogP contribution in [0.4, 0.5) is 0 Å². The van der Waals surface area contributed by atoms with Crippen LogP contribution in [0.5, 0.6) is 0 Å². The molecule has 8 heavy (non-hydrogen) atoms. The Balaban J connectivity index is 2.27. The lowest BCUT2D eigenvalue weighted by molar-refractivity contribution is 0.131. The highest BCUT2D eigenvalue weighted by Crippen LogP contribution is 2.07. The highest BCUT2D eigenvalue weighted by Gasteiger charge is 2.06. The van der Waals surface area contributed by atoms with Gasteiger partial charge in [0.2, 0.25) is 0 Å². The molecule has 0 bridgehead atoms. The lowest BCUT2D eigenvalue weighted by Gasteiger charge is -2.16. The molecule has 0 aromatic rings. The second-order valence-electron chi connectivity index (χ2n) is 1.94. The van der Waals surface area contributed by atoms with Gasteiger partial charge in [0.05, 0.1) is 6.26 Å². The summed E-state index contributed by atoms with van der Waals surface area (Å²) >= 11 is 0. The van der Waals surface area contributed by atoms with Crippen LogP contribution in [0.1, 0.15) is 12.8 Å². The van der Waals surface area contributed by atoms with Crippen molar-refractivity contribution in [2.75, 3.05) is 6.54 Å². The van der Waals surface area contributed by atoms with Crippen molar-refractivity contribution in [1.29, 1.82) is 0 Å². The van der Waals surface area contributed by atoms with Crippen LogP contribution in [0.15, 0.2) is 12.3 Å². The molecule has 0 aromatic heterocycles. The first kappa shape index (κ1) is 5.63. The van der Waals surface area contributed by atoms with E-state index in [1.54, 1.807) is 6.26 Å². The molecule has 1 rings (SSSR count). The minimum atomic E-state index is 0.278. The van der Waals surface area contributed by atoms with Crippen LogP contribution in [-0.4, -0.2) is 12.6 Å². The molecule has 0 spiro atoms. The predicted molar refractivity (Wildman–Crippen MR) is 32.3 cm³/mol. The van der Waals surface area contributed by atoms with E-state index in [1.807, 2.05) is 6.08 Å². The topological polar surface area (TPSA) is 35.2 Å². The summed E-state index contributed by atoms with van der Waals surface area (Å²) in [6, 6.07) is 0. The van der Waals surface area contributed by atoms with Crippen LogP contribution < -0.4 is 5.73 Å². The number of hydrogen-bond acceptors (Lipinski definition) is 2. The van der Waals surface area contributed by atoms with Crippen molar-refractivity contribution in [2.45, 2.75) is 18.9 Å². The number of ether oxygens (including phenoxy) is 1. The summed E-state index contributed by atoms with van der Waals surface area (Å²) in [5.41, 5.74) is 5.34. The van der Waals surface area contributed by atoms with E-state index >= 15 is 0 Å². The van der Waals surface area contributed by atoms with E-state index in [2.05, 4.69) is 0 Å². The van der Waals surface area contributed by atoms with Crippen molar-refractivity contribution in [1.82, 2.24) is 0 Å². The maximum Gasteiger partial charge on any atom is 0.110 e. The molecule has 0 unspecified atom stereocenters. The average molecular weight is 113 g/mol. The Kier molecular flexibility index (Phi) is 1.92. The van der Waals surface area contributed by atoms with Gasteiger partial charge in [-0.05, 0) is 18.9 Å². The standard InChI is InChI=1S/C6H11NO/c7-5-6-3-1-2-4-8-6/h2,4,6H,1,3,5,7H2/t6-/m1/s1. The summed E-state index contributed by atoms with van der Waals surface area (Å²) in [6.45, 7) is 0.643. The molecule has 46 valence electrons. The van der Waals surface area contributed by atoms with E-state index in [0.717, 1.165) is 12.8 Å². The van der Waals surface area contributed by atoms with Crippen LogP contribution in [-0.2, 0) is 4.74 Å². The van der Waals surface area contributed by atoms with Gasteiger partial charge < -0.3 is 10.5 Å². The molecule has 0 saturated carbocycles. The fourth-order valence-electron chi connectivity index (χ4n) is 0.758. The number of rotatable bonds is 1. The van der Waals surface area contributed by atoms with E-state index in [9.17, 15) is 0 Å². The SMILES string of the molecule is NC[C@H]1CCC=CO1. The molecule has 0 amide bonds. The Labute approximate surface area is 49.3 Å². The third kappa shape index (κ3) is 1.23. The maximum atomic E-state index is 5.34. The van der Waals surface area contributed by atoms with Crippen LogP contribution in [0.3, 0.4) is 0 Å². The lowest BCUT2D eigenvalue weighted by Crippen LogP contribution is -2.22. The largest absolute Gasteiger partial charge is 0.497 e. The fourth-order valence-corrected chi connectivity index (χ4v) is 0.758. The second kappa shape index (κ2) is 2.72. The van der Waals surface area contributed by atoms with E-state index < -0.39 is 0 Å². The molecule has 1 aliphatic heterocycles. The molecular formula is C6H11NO.